The van der Waals surface area contributed by atoms with Crippen molar-refractivity contribution < 1.29 is 57.7 Å². The van der Waals surface area contributed by atoms with Crippen LogP contribution in [0.4, 0.5) is 0 Å². The van der Waals surface area contributed by atoms with Crippen molar-refractivity contribution in [1.82, 2.24) is 0 Å². The van der Waals surface area contributed by atoms with Gasteiger partial charge in [-0.15, -0.1) is 0 Å². The maximum Gasteiger partial charge on any atom is -1.00 e. The fraction of sp³-hybridized carbons (Fsp3) is 0.241. The van der Waals surface area contributed by atoms with Gasteiger partial charge in [0.25, 0.3) is 0 Å². The number of allylic oxidation sites excluding steroid dienone is 4. The minimum absolute atomic E-state index is 0. The standard InChI is InChI=1S/C29H31Si.3ClH.Ti/c1-20-11-21(2)15-27(14-20)30(28-16-22(3)12-23(4)17-28)29-18-24(5)13-26(29)19-25-9-7-6-8-10-25;;;;/h6-12,14-17,30H,18-19H2,1-5H3;3*1H;/q;;;;+3/p-3. The second kappa shape index (κ2) is 13.3. The first-order chi connectivity index (χ1) is 14.8. The maximum atomic E-state index is 2.46. The van der Waals surface area contributed by atoms with E-state index >= 15 is 0 Å². The summed E-state index contributed by atoms with van der Waals surface area (Å²) >= 11 is 2.34. The van der Waals surface area contributed by atoms with Crippen LogP contribution in [0.3, 0.4) is 0 Å². The van der Waals surface area contributed by atoms with E-state index in [0.29, 0.717) is 0 Å². The Balaban J connectivity index is 0.00000193. The van der Waals surface area contributed by atoms with Crippen LogP contribution in [-0.4, -0.2) is 8.80 Å². The average molecular weight is 562 g/mol. The third kappa shape index (κ3) is 7.00. The third-order valence-electron chi connectivity index (χ3n) is 6.30. The molecular weight excluding hydrogens is 531 g/mol. The number of hydrogen-bond donors (Lipinski definition) is 0. The van der Waals surface area contributed by atoms with Gasteiger partial charge >= 0.3 is 202 Å². The fourth-order valence-corrected chi connectivity index (χ4v) is 9.89. The number of rotatable bonds is 5. The molecule has 176 valence electrons. The van der Waals surface area contributed by atoms with Crippen LogP contribution < -0.4 is 47.6 Å². The number of aryl methyl sites for hydroxylation is 4. The smallest absolute Gasteiger partial charge is 1.00 e. The average Bonchev–Trinajstić information content (AvgIpc) is 2.96. The van der Waals surface area contributed by atoms with E-state index in [1.165, 1.54) is 31.7 Å². The molecule has 0 spiro atoms. The predicted octanol–water partition coefficient (Wildman–Crippen LogP) is -3.42. The largest absolute Gasteiger partial charge is 1.00 e. The Morgan fingerprint density at radius 2 is 1.12 bits per heavy atom. The van der Waals surface area contributed by atoms with Gasteiger partial charge < -0.3 is 37.2 Å². The van der Waals surface area contributed by atoms with Crippen molar-refractivity contribution >= 4 is 19.2 Å². The minimum atomic E-state index is -1.55. The molecule has 34 heavy (non-hydrogen) atoms. The number of halogens is 3. The van der Waals surface area contributed by atoms with E-state index in [2.05, 4.69) is 122 Å². The second-order valence-corrected chi connectivity index (χ2v) is 13.0. The van der Waals surface area contributed by atoms with Gasteiger partial charge in [0.1, 0.15) is 0 Å². The zero-order valence-electron chi connectivity index (χ0n) is 20.5. The van der Waals surface area contributed by atoms with Crippen molar-refractivity contribution in [1.29, 1.82) is 0 Å². The summed E-state index contributed by atoms with van der Waals surface area (Å²) in [5.74, 6) is 0. The Morgan fingerprint density at radius 3 is 1.56 bits per heavy atom. The van der Waals surface area contributed by atoms with Crippen LogP contribution in [0.5, 0.6) is 0 Å². The molecule has 5 heteroatoms. The summed E-state index contributed by atoms with van der Waals surface area (Å²) in [4.78, 5) is 0. The van der Waals surface area contributed by atoms with Gasteiger partial charge in [-0.2, -0.15) is 0 Å². The van der Waals surface area contributed by atoms with Crippen molar-refractivity contribution in [2.45, 2.75) is 47.5 Å². The normalized spacial score (nSPS) is 12.9. The van der Waals surface area contributed by atoms with E-state index in [1.807, 2.05) is 0 Å². The topological polar surface area (TPSA) is 0 Å². The molecule has 0 radical (unpaired) electrons. The molecule has 0 unspecified atom stereocenters. The van der Waals surface area contributed by atoms with E-state index in [0.717, 1.165) is 12.8 Å². The first-order valence-corrected chi connectivity index (χ1v) is 13.7. The molecule has 0 heterocycles. The summed E-state index contributed by atoms with van der Waals surface area (Å²) in [6.07, 6.45) is 2.17. The van der Waals surface area contributed by atoms with Crippen LogP contribution in [0.25, 0.3) is 0 Å². The van der Waals surface area contributed by atoms with E-state index in [1.54, 1.807) is 26.7 Å². The monoisotopic (exact) mass is 560 g/mol. The molecule has 1 aliphatic carbocycles. The summed E-state index contributed by atoms with van der Waals surface area (Å²) in [6.45, 7) is 11.3. The van der Waals surface area contributed by atoms with Crippen molar-refractivity contribution in [3.63, 3.8) is 0 Å². The van der Waals surface area contributed by atoms with Gasteiger partial charge in [-0.25, -0.2) is 0 Å². The molecule has 4 rings (SSSR count). The molecule has 1 aliphatic rings. The molecule has 0 atom stereocenters. The Kier molecular flexibility index (Phi) is 12.1. The molecule has 0 saturated heterocycles. The second-order valence-electron chi connectivity index (χ2n) is 9.27. The van der Waals surface area contributed by atoms with Gasteiger partial charge in [0, 0.05) is 0 Å². The zero-order chi connectivity index (χ0) is 22.1. The third-order valence-corrected chi connectivity index (χ3v) is 10.7. The first kappa shape index (κ1) is 31.0. The molecule has 3 aromatic rings. The van der Waals surface area contributed by atoms with E-state index in [9.17, 15) is 0 Å². The Morgan fingerprint density at radius 1 is 0.676 bits per heavy atom. The van der Waals surface area contributed by atoms with E-state index < -0.39 is 8.80 Å². The minimum Gasteiger partial charge on any atom is -1.00 e. The summed E-state index contributed by atoms with van der Waals surface area (Å²) in [5.41, 5.74) is 10.1. The summed E-state index contributed by atoms with van der Waals surface area (Å²) in [5, 5.41) is 4.84. The van der Waals surface area contributed by atoms with Crippen molar-refractivity contribution in [3.05, 3.63) is 115 Å². The van der Waals surface area contributed by atoms with Gasteiger partial charge in [-0.1, -0.05) is 0 Å². The molecule has 0 aliphatic heterocycles. The van der Waals surface area contributed by atoms with Crippen LogP contribution in [-0.2, 0) is 26.9 Å². The van der Waals surface area contributed by atoms with E-state index in [-0.39, 0.29) is 37.2 Å². The van der Waals surface area contributed by atoms with Gasteiger partial charge in [-0.05, 0) is 0 Å². The van der Waals surface area contributed by atoms with E-state index in [4.69, 9.17) is 0 Å². The van der Waals surface area contributed by atoms with Crippen LogP contribution in [0.1, 0.15) is 41.2 Å². The molecule has 0 N–H and O–H groups in total. The molecule has 0 amide bonds. The molecule has 0 saturated carbocycles. The molecular formula is C29H31Cl3SiTi. The number of benzene rings is 3. The molecule has 0 aromatic heterocycles. The SMILES string of the molecule is CC1=[C]([Ti+3])C(Cc2ccccc2)=C([SiH](c2cc(C)cc(C)c2)c2cc(C)cc(C)c2)C1.[Cl-].[Cl-].[Cl-]. The quantitative estimate of drug-likeness (QED) is 0.285. The molecule has 3 aromatic carbocycles. The number of hydrogen-bond acceptors (Lipinski definition) is 0. The Labute approximate surface area is 237 Å². The summed E-state index contributed by atoms with van der Waals surface area (Å²) < 4.78 is 1.52. The fourth-order valence-electron chi connectivity index (χ4n) is 5.13. The van der Waals surface area contributed by atoms with Crippen molar-refractivity contribution in [2.24, 2.45) is 0 Å². The van der Waals surface area contributed by atoms with Crippen LogP contribution >= 0.6 is 0 Å². The maximum absolute atomic E-state index is 2.46. The van der Waals surface area contributed by atoms with Gasteiger partial charge in [0.2, 0.25) is 0 Å². The zero-order valence-corrected chi connectivity index (χ0v) is 25.5. The molecule has 0 nitrogen and oxygen atoms in total. The molecule has 0 fully saturated rings. The molecule has 0 bridgehead atoms. The predicted molar refractivity (Wildman–Crippen MR) is 133 cm³/mol. The van der Waals surface area contributed by atoms with Gasteiger partial charge in [-0.3, -0.25) is 0 Å². The van der Waals surface area contributed by atoms with Crippen molar-refractivity contribution in [3.8, 4) is 0 Å². The van der Waals surface area contributed by atoms with Crippen LogP contribution in [0.15, 0.2) is 87.0 Å². The van der Waals surface area contributed by atoms with Crippen LogP contribution in [0, 0.1) is 27.7 Å². The Hall–Kier alpha value is -1.06. The van der Waals surface area contributed by atoms with Gasteiger partial charge in [0.15, 0.2) is 0 Å². The van der Waals surface area contributed by atoms with Gasteiger partial charge in [0.05, 0.1) is 0 Å². The van der Waals surface area contributed by atoms with Crippen LogP contribution in [0.2, 0.25) is 0 Å². The Bertz CT molecular complexity index is 1110. The first-order valence-electron chi connectivity index (χ1n) is 11.2. The summed E-state index contributed by atoms with van der Waals surface area (Å²) in [7, 11) is -1.55. The summed E-state index contributed by atoms with van der Waals surface area (Å²) in [6, 6.07) is 25.4. The van der Waals surface area contributed by atoms with Crippen molar-refractivity contribution in [2.75, 3.05) is 0 Å².